The van der Waals surface area contributed by atoms with E-state index in [2.05, 4.69) is 5.32 Å². The van der Waals surface area contributed by atoms with Gasteiger partial charge in [0.2, 0.25) is 0 Å². The van der Waals surface area contributed by atoms with E-state index in [4.69, 9.17) is 4.74 Å². The standard InChI is InChI=1S/C24H32N2O4/c1-24(2,3)30-22(28)21(18-20-12-8-5-9-13-20)25-23(29)26(16-17-27)15-14-19-10-6-4-7-11-19/h4-13,21,27H,14-18H2,1-3H3,(H,25,29). The molecule has 0 bridgehead atoms. The van der Waals surface area contributed by atoms with Crippen LogP contribution in [0.3, 0.4) is 0 Å². The van der Waals surface area contributed by atoms with Gasteiger partial charge in [-0.15, -0.1) is 0 Å². The van der Waals surface area contributed by atoms with Crippen molar-refractivity contribution in [2.75, 3.05) is 19.7 Å². The molecule has 2 amide bonds. The van der Waals surface area contributed by atoms with Crippen LogP contribution in [0, 0.1) is 0 Å². The molecule has 2 rings (SSSR count). The quantitative estimate of drug-likeness (QED) is 0.620. The number of nitrogens with one attached hydrogen (secondary N) is 1. The van der Waals surface area contributed by atoms with Gasteiger partial charge in [0.25, 0.3) is 0 Å². The Morgan fingerprint density at radius 2 is 1.53 bits per heavy atom. The summed E-state index contributed by atoms with van der Waals surface area (Å²) in [5, 5.41) is 12.2. The highest BCUT2D eigenvalue weighted by Gasteiger charge is 2.28. The second-order valence-corrected chi connectivity index (χ2v) is 8.17. The third-order valence-corrected chi connectivity index (χ3v) is 4.44. The molecule has 162 valence electrons. The van der Waals surface area contributed by atoms with Crippen LogP contribution in [0.1, 0.15) is 31.9 Å². The van der Waals surface area contributed by atoms with E-state index in [0.29, 0.717) is 19.4 Å². The lowest BCUT2D eigenvalue weighted by molar-refractivity contribution is -0.157. The van der Waals surface area contributed by atoms with Crippen molar-refractivity contribution in [3.8, 4) is 0 Å². The lowest BCUT2D eigenvalue weighted by atomic mass is 10.1. The Balaban J connectivity index is 2.09. The molecule has 2 N–H and O–H groups in total. The number of rotatable bonds is 9. The zero-order chi connectivity index (χ0) is 22.0. The first kappa shape index (κ1) is 23.4. The molecule has 0 fully saturated rings. The van der Waals surface area contributed by atoms with Crippen LogP contribution in [0.25, 0.3) is 0 Å². The topological polar surface area (TPSA) is 78.9 Å². The Labute approximate surface area is 178 Å². The zero-order valence-corrected chi connectivity index (χ0v) is 18.0. The van der Waals surface area contributed by atoms with Gasteiger partial charge in [0.1, 0.15) is 11.6 Å². The first-order valence-electron chi connectivity index (χ1n) is 10.3. The Morgan fingerprint density at radius 3 is 2.07 bits per heavy atom. The van der Waals surface area contributed by atoms with Crippen molar-refractivity contribution in [2.24, 2.45) is 0 Å². The molecular formula is C24H32N2O4. The fourth-order valence-corrected chi connectivity index (χ4v) is 3.00. The second kappa shape index (κ2) is 11.4. The number of urea groups is 1. The third-order valence-electron chi connectivity index (χ3n) is 4.44. The first-order valence-corrected chi connectivity index (χ1v) is 10.3. The Bertz CT molecular complexity index is 788. The number of carbonyl (C=O) groups is 2. The fraction of sp³-hybridized carbons (Fsp3) is 0.417. The highest BCUT2D eigenvalue weighted by Crippen LogP contribution is 2.12. The summed E-state index contributed by atoms with van der Waals surface area (Å²) >= 11 is 0. The summed E-state index contributed by atoms with van der Waals surface area (Å²) in [6.07, 6.45) is 0.983. The summed E-state index contributed by atoms with van der Waals surface area (Å²) in [5.41, 5.74) is 1.36. The van der Waals surface area contributed by atoms with Crippen molar-refractivity contribution in [1.82, 2.24) is 10.2 Å². The molecular weight excluding hydrogens is 380 g/mol. The van der Waals surface area contributed by atoms with E-state index in [0.717, 1.165) is 11.1 Å². The predicted molar refractivity (Wildman–Crippen MR) is 117 cm³/mol. The summed E-state index contributed by atoms with van der Waals surface area (Å²) in [7, 11) is 0. The molecule has 30 heavy (non-hydrogen) atoms. The minimum absolute atomic E-state index is 0.155. The largest absolute Gasteiger partial charge is 0.458 e. The van der Waals surface area contributed by atoms with E-state index in [1.165, 1.54) is 4.90 Å². The number of benzene rings is 2. The molecule has 2 aromatic rings. The van der Waals surface area contributed by atoms with Gasteiger partial charge in [-0.2, -0.15) is 0 Å². The van der Waals surface area contributed by atoms with Gasteiger partial charge in [0.05, 0.1) is 6.61 Å². The number of hydrogen-bond acceptors (Lipinski definition) is 4. The lowest BCUT2D eigenvalue weighted by Gasteiger charge is -2.28. The Kier molecular flexibility index (Phi) is 8.87. The van der Waals surface area contributed by atoms with Crippen LogP contribution < -0.4 is 5.32 Å². The zero-order valence-electron chi connectivity index (χ0n) is 18.0. The van der Waals surface area contributed by atoms with E-state index in [9.17, 15) is 14.7 Å². The summed E-state index contributed by atoms with van der Waals surface area (Å²) < 4.78 is 5.52. The van der Waals surface area contributed by atoms with Crippen molar-refractivity contribution in [3.05, 3.63) is 71.8 Å². The number of aliphatic hydroxyl groups is 1. The van der Waals surface area contributed by atoms with Crippen molar-refractivity contribution >= 4 is 12.0 Å². The SMILES string of the molecule is CC(C)(C)OC(=O)C(Cc1ccccc1)NC(=O)N(CCO)CCc1ccccc1. The van der Waals surface area contributed by atoms with Crippen LogP contribution in [-0.4, -0.2) is 53.3 Å². The predicted octanol–water partition coefficient (Wildman–Crippen LogP) is 3.19. The summed E-state index contributed by atoms with van der Waals surface area (Å²) in [6.45, 7) is 5.85. The maximum Gasteiger partial charge on any atom is 0.329 e. The molecule has 0 aliphatic carbocycles. The molecule has 0 aromatic heterocycles. The van der Waals surface area contributed by atoms with Gasteiger partial charge in [-0.3, -0.25) is 0 Å². The van der Waals surface area contributed by atoms with E-state index in [1.807, 2.05) is 60.7 Å². The van der Waals surface area contributed by atoms with Crippen molar-refractivity contribution in [2.45, 2.75) is 45.3 Å². The smallest absolute Gasteiger partial charge is 0.329 e. The van der Waals surface area contributed by atoms with Crippen LogP contribution in [0.5, 0.6) is 0 Å². The molecule has 0 spiro atoms. The molecule has 0 aliphatic rings. The van der Waals surface area contributed by atoms with Crippen LogP contribution in [0.15, 0.2) is 60.7 Å². The second-order valence-electron chi connectivity index (χ2n) is 8.17. The van der Waals surface area contributed by atoms with E-state index in [-0.39, 0.29) is 13.2 Å². The van der Waals surface area contributed by atoms with Crippen molar-refractivity contribution in [1.29, 1.82) is 0 Å². The molecule has 0 saturated carbocycles. The average Bonchev–Trinajstić information content (AvgIpc) is 2.70. The molecule has 6 heteroatoms. The Hall–Kier alpha value is -2.86. The maximum atomic E-state index is 12.9. The van der Waals surface area contributed by atoms with Gasteiger partial charge in [0, 0.05) is 19.5 Å². The molecule has 6 nitrogen and oxygen atoms in total. The molecule has 0 radical (unpaired) electrons. The third kappa shape index (κ3) is 8.25. The number of esters is 1. The van der Waals surface area contributed by atoms with Gasteiger partial charge in [-0.05, 0) is 38.3 Å². The van der Waals surface area contributed by atoms with Crippen LogP contribution >= 0.6 is 0 Å². The molecule has 2 aromatic carbocycles. The fourth-order valence-electron chi connectivity index (χ4n) is 3.00. The van der Waals surface area contributed by atoms with Gasteiger partial charge in [-0.25, -0.2) is 9.59 Å². The van der Waals surface area contributed by atoms with Gasteiger partial charge in [-0.1, -0.05) is 60.7 Å². The summed E-state index contributed by atoms with van der Waals surface area (Å²) in [5.74, 6) is -0.480. The number of nitrogens with zero attached hydrogens (tertiary/aromatic N) is 1. The van der Waals surface area contributed by atoms with E-state index < -0.39 is 23.6 Å². The Morgan fingerprint density at radius 1 is 0.967 bits per heavy atom. The van der Waals surface area contributed by atoms with Gasteiger partial charge >= 0.3 is 12.0 Å². The molecule has 0 aliphatic heterocycles. The van der Waals surface area contributed by atoms with E-state index in [1.54, 1.807) is 20.8 Å². The number of ether oxygens (including phenoxy) is 1. The minimum atomic E-state index is -0.822. The molecule has 1 unspecified atom stereocenters. The van der Waals surface area contributed by atoms with Crippen LogP contribution in [-0.2, 0) is 22.4 Å². The van der Waals surface area contributed by atoms with Gasteiger partial charge in [0.15, 0.2) is 0 Å². The van der Waals surface area contributed by atoms with Gasteiger partial charge < -0.3 is 20.1 Å². The maximum absolute atomic E-state index is 12.9. The van der Waals surface area contributed by atoms with Crippen molar-refractivity contribution < 1.29 is 19.4 Å². The highest BCUT2D eigenvalue weighted by atomic mass is 16.6. The summed E-state index contributed by atoms with van der Waals surface area (Å²) in [6, 6.07) is 18.1. The highest BCUT2D eigenvalue weighted by molar-refractivity contribution is 5.84. The molecule has 1 atom stereocenters. The lowest BCUT2D eigenvalue weighted by Crippen LogP contribution is -2.51. The van der Waals surface area contributed by atoms with E-state index >= 15 is 0 Å². The number of carbonyl (C=O) groups excluding carboxylic acids is 2. The summed E-state index contributed by atoms with van der Waals surface area (Å²) in [4.78, 5) is 27.2. The average molecular weight is 413 g/mol. The number of aliphatic hydroxyl groups excluding tert-OH is 1. The number of amides is 2. The normalized spacial score (nSPS) is 12.1. The van der Waals surface area contributed by atoms with Crippen LogP contribution in [0.4, 0.5) is 4.79 Å². The van der Waals surface area contributed by atoms with Crippen molar-refractivity contribution in [3.63, 3.8) is 0 Å². The molecule has 0 heterocycles. The number of hydrogen-bond donors (Lipinski definition) is 2. The molecule has 0 saturated heterocycles. The minimum Gasteiger partial charge on any atom is -0.458 e. The van der Waals surface area contributed by atoms with Crippen LogP contribution in [0.2, 0.25) is 0 Å². The first-order chi connectivity index (χ1) is 14.3. The monoisotopic (exact) mass is 412 g/mol.